The van der Waals surface area contributed by atoms with Crippen molar-refractivity contribution in [3.05, 3.63) is 29.3 Å². The summed E-state index contributed by atoms with van der Waals surface area (Å²) in [5, 5.41) is 3.75. The number of hydrogen-bond donors (Lipinski definition) is 1. The van der Waals surface area contributed by atoms with Crippen molar-refractivity contribution < 1.29 is 4.79 Å². The van der Waals surface area contributed by atoms with Gasteiger partial charge in [0.05, 0.1) is 15.8 Å². The van der Waals surface area contributed by atoms with E-state index in [1.807, 2.05) is 38.1 Å². The molecule has 0 aliphatic carbocycles. The van der Waals surface area contributed by atoms with Crippen LogP contribution in [0.5, 0.6) is 0 Å². The van der Waals surface area contributed by atoms with E-state index >= 15 is 0 Å². The molecule has 1 amide bonds. The van der Waals surface area contributed by atoms with Gasteiger partial charge in [-0.1, -0.05) is 12.1 Å². The minimum atomic E-state index is -0.490. The molecular weight excluding hydrogens is 256 g/mol. The summed E-state index contributed by atoms with van der Waals surface area (Å²) >= 11 is 7.08. The third kappa shape index (κ3) is 2.58. The number of rotatable bonds is 3. The number of carbonyl (C=O) groups is 1. The average Bonchev–Trinajstić information content (AvgIpc) is 2.72. The monoisotopic (exact) mass is 268 g/mol. The number of alkyl halides is 1. The summed E-state index contributed by atoms with van der Waals surface area (Å²) in [6.07, 6.45) is 0. The van der Waals surface area contributed by atoms with Crippen LogP contribution in [0.2, 0.25) is 0 Å². The number of aromatic nitrogens is 1. The summed E-state index contributed by atoms with van der Waals surface area (Å²) in [5.74, 6) is -0.218. The number of carbonyl (C=O) groups excluding carboxylic acids is 1. The van der Waals surface area contributed by atoms with Gasteiger partial charge < -0.3 is 5.32 Å². The van der Waals surface area contributed by atoms with Crippen LogP contribution in [0.4, 0.5) is 0 Å². The molecule has 0 aliphatic heterocycles. The van der Waals surface area contributed by atoms with Crippen LogP contribution in [0.25, 0.3) is 10.2 Å². The van der Waals surface area contributed by atoms with E-state index in [1.165, 1.54) is 0 Å². The second-order valence-corrected chi connectivity index (χ2v) is 5.59. The molecule has 1 N–H and O–H groups in total. The van der Waals surface area contributed by atoms with Crippen molar-refractivity contribution in [2.24, 2.45) is 0 Å². The van der Waals surface area contributed by atoms with Gasteiger partial charge in [-0.15, -0.1) is 22.9 Å². The number of nitrogens with one attached hydrogen (secondary N) is 1. The summed E-state index contributed by atoms with van der Waals surface area (Å²) in [6, 6.07) is 7.93. The Hall–Kier alpha value is -1.13. The number of fused-ring (bicyclic) bond motifs is 1. The second kappa shape index (κ2) is 4.63. The predicted octanol–water partition coefficient (Wildman–Crippen LogP) is 2.89. The van der Waals surface area contributed by atoms with Gasteiger partial charge in [0.15, 0.2) is 0 Å². The lowest BCUT2D eigenvalue weighted by atomic mass is 10.1. The van der Waals surface area contributed by atoms with Crippen LogP contribution in [0.1, 0.15) is 18.9 Å². The van der Waals surface area contributed by atoms with Gasteiger partial charge >= 0.3 is 0 Å². The highest BCUT2D eigenvalue weighted by molar-refractivity contribution is 7.18. The van der Waals surface area contributed by atoms with Crippen molar-refractivity contribution in [1.29, 1.82) is 0 Å². The smallest absolute Gasteiger partial charge is 0.235 e. The molecule has 90 valence electrons. The molecule has 5 heteroatoms. The lowest BCUT2D eigenvalue weighted by molar-refractivity contribution is -0.120. The molecule has 2 rings (SSSR count). The molecule has 3 nitrogen and oxygen atoms in total. The molecular formula is C12H13ClN2OS. The van der Waals surface area contributed by atoms with Crippen molar-refractivity contribution in [3.8, 4) is 0 Å². The van der Waals surface area contributed by atoms with E-state index in [-0.39, 0.29) is 11.8 Å². The Kier molecular flexibility index (Phi) is 3.35. The average molecular weight is 269 g/mol. The first-order chi connectivity index (χ1) is 8.03. The molecule has 1 heterocycles. The van der Waals surface area contributed by atoms with Crippen molar-refractivity contribution in [2.45, 2.75) is 19.4 Å². The molecule has 17 heavy (non-hydrogen) atoms. The fraction of sp³-hybridized carbons (Fsp3) is 0.333. The molecule has 0 radical (unpaired) electrons. The number of halogens is 1. The Balaban J connectivity index is 2.35. The fourth-order valence-corrected chi connectivity index (χ4v) is 2.67. The van der Waals surface area contributed by atoms with Gasteiger partial charge in [-0.25, -0.2) is 4.98 Å². The Morgan fingerprint density at radius 2 is 2.18 bits per heavy atom. The van der Waals surface area contributed by atoms with Gasteiger partial charge in [-0.05, 0) is 26.0 Å². The largest absolute Gasteiger partial charge is 0.344 e. The third-order valence-corrected chi connectivity index (χ3v) is 4.00. The number of thiazole rings is 1. The first-order valence-electron chi connectivity index (χ1n) is 5.26. The Labute approximate surface area is 109 Å². The fourth-order valence-electron chi connectivity index (χ4n) is 1.57. The highest BCUT2D eigenvalue weighted by Crippen LogP contribution is 2.29. The third-order valence-electron chi connectivity index (χ3n) is 2.40. The van der Waals surface area contributed by atoms with E-state index in [1.54, 1.807) is 11.3 Å². The van der Waals surface area contributed by atoms with Gasteiger partial charge in [0, 0.05) is 0 Å². The maximum atomic E-state index is 11.3. The molecule has 0 spiro atoms. The lowest BCUT2D eigenvalue weighted by Gasteiger charge is -2.23. The SMILES string of the molecule is CC(C)(NC(=O)CCl)c1nc2ccccc2s1. The summed E-state index contributed by atoms with van der Waals surface area (Å²) in [4.78, 5) is 15.9. The topological polar surface area (TPSA) is 42.0 Å². The summed E-state index contributed by atoms with van der Waals surface area (Å²) < 4.78 is 1.12. The highest BCUT2D eigenvalue weighted by atomic mass is 35.5. The minimum Gasteiger partial charge on any atom is -0.344 e. The number of nitrogens with zero attached hydrogens (tertiary/aromatic N) is 1. The molecule has 0 saturated heterocycles. The highest BCUT2D eigenvalue weighted by Gasteiger charge is 2.26. The van der Waals surface area contributed by atoms with Gasteiger partial charge in [0.1, 0.15) is 10.9 Å². The normalized spacial score (nSPS) is 11.7. The van der Waals surface area contributed by atoms with Crippen LogP contribution in [-0.2, 0) is 10.3 Å². The van der Waals surface area contributed by atoms with Crippen LogP contribution in [0.3, 0.4) is 0 Å². The zero-order chi connectivity index (χ0) is 12.5. The molecule has 0 unspecified atom stereocenters. The van der Waals surface area contributed by atoms with E-state index in [4.69, 9.17) is 11.6 Å². The zero-order valence-corrected chi connectivity index (χ0v) is 11.2. The second-order valence-electron chi connectivity index (χ2n) is 4.29. The number of amides is 1. The van der Waals surface area contributed by atoms with Gasteiger partial charge in [-0.2, -0.15) is 0 Å². The van der Waals surface area contributed by atoms with Crippen LogP contribution >= 0.6 is 22.9 Å². The number of para-hydroxylation sites is 1. The Morgan fingerprint density at radius 1 is 1.47 bits per heavy atom. The lowest BCUT2D eigenvalue weighted by Crippen LogP contribution is -2.41. The van der Waals surface area contributed by atoms with E-state index in [2.05, 4.69) is 10.3 Å². The maximum absolute atomic E-state index is 11.3. The molecule has 0 bridgehead atoms. The first kappa shape index (κ1) is 12.3. The van der Waals surface area contributed by atoms with Crippen LogP contribution in [-0.4, -0.2) is 16.8 Å². The Morgan fingerprint density at radius 3 is 2.82 bits per heavy atom. The quantitative estimate of drug-likeness (QED) is 0.870. The van der Waals surface area contributed by atoms with Gasteiger partial charge in [0.25, 0.3) is 0 Å². The molecule has 2 aromatic rings. The molecule has 0 atom stereocenters. The van der Waals surface area contributed by atoms with Crippen LogP contribution in [0, 0.1) is 0 Å². The van der Waals surface area contributed by atoms with E-state index in [0.717, 1.165) is 15.2 Å². The van der Waals surface area contributed by atoms with Crippen molar-refractivity contribution in [2.75, 3.05) is 5.88 Å². The van der Waals surface area contributed by atoms with Gasteiger partial charge in [-0.3, -0.25) is 4.79 Å². The van der Waals surface area contributed by atoms with Crippen LogP contribution < -0.4 is 5.32 Å². The van der Waals surface area contributed by atoms with E-state index in [0.29, 0.717) is 0 Å². The standard InChI is InChI=1S/C12H13ClN2OS/c1-12(2,15-10(16)7-13)11-14-8-5-3-4-6-9(8)17-11/h3-6H,7H2,1-2H3,(H,15,16). The van der Waals surface area contributed by atoms with E-state index < -0.39 is 5.54 Å². The van der Waals surface area contributed by atoms with Crippen molar-refractivity contribution in [1.82, 2.24) is 10.3 Å². The summed E-state index contributed by atoms with van der Waals surface area (Å²) in [5.41, 5.74) is 0.469. The van der Waals surface area contributed by atoms with Gasteiger partial charge in [0.2, 0.25) is 5.91 Å². The zero-order valence-electron chi connectivity index (χ0n) is 9.66. The molecule has 0 fully saturated rings. The summed E-state index contributed by atoms with van der Waals surface area (Å²) in [7, 11) is 0. The van der Waals surface area contributed by atoms with Crippen molar-refractivity contribution in [3.63, 3.8) is 0 Å². The minimum absolute atomic E-state index is 0.0334. The van der Waals surface area contributed by atoms with E-state index in [9.17, 15) is 4.79 Å². The molecule has 0 saturated carbocycles. The first-order valence-corrected chi connectivity index (χ1v) is 6.61. The number of hydrogen-bond acceptors (Lipinski definition) is 3. The molecule has 0 aliphatic rings. The molecule has 1 aromatic heterocycles. The van der Waals surface area contributed by atoms with Crippen LogP contribution in [0.15, 0.2) is 24.3 Å². The number of benzene rings is 1. The maximum Gasteiger partial charge on any atom is 0.235 e. The van der Waals surface area contributed by atoms with Crippen molar-refractivity contribution >= 4 is 39.1 Å². The predicted molar refractivity (Wildman–Crippen MR) is 71.5 cm³/mol. The summed E-state index contributed by atoms with van der Waals surface area (Å²) in [6.45, 7) is 3.85. The Bertz CT molecular complexity index is 517. The molecule has 1 aromatic carbocycles.